The second kappa shape index (κ2) is 8.61. The van der Waals surface area contributed by atoms with Gasteiger partial charge in [-0.2, -0.15) is 0 Å². The lowest BCUT2D eigenvalue weighted by Gasteiger charge is -2.11. The molecule has 0 saturated carbocycles. The zero-order valence-electron chi connectivity index (χ0n) is 13.9. The summed E-state index contributed by atoms with van der Waals surface area (Å²) in [4.78, 5) is 0.355. The molecular formula is C14H26N2O4S2. The van der Waals surface area contributed by atoms with Gasteiger partial charge in [-0.1, -0.05) is 18.2 Å². The zero-order valence-corrected chi connectivity index (χ0v) is 15.5. The van der Waals surface area contributed by atoms with Gasteiger partial charge >= 0.3 is 0 Å². The molecule has 0 amide bonds. The Balaban J connectivity index is 0.000000472. The molecule has 0 aliphatic carbocycles. The average Bonchev–Trinajstić information content (AvgIpc) is 2.24. The minimum absolute atomic E-state index is 0.00463. The van der Waals surface area contributed by atoms with E-state index in [-0.39, 0.29) is 12.1 Å². The molecule has 0 aromatic heterocycles. The Morgan fingerprint density at radius 3 is 1.64 bits per heavy atom. The summed E-state index contributed by atoms with van der Waals surface area (Å²) in [5.41, 5.74) is 0.764. The quantitative estimate of drug-likeness (QED) is 0.844. The minimum Gasteiger partial charge on any atom is -0.213 e. The van der Waals surface area contributed by atoms with Crippen molar-refractivity contribution < 1.29 is 16.8 Å². The third kappa shape index (κ3) is 9.14. The van der Waals surface area contributed by atoms with E-state index >= 15 is 0 Å². The monoisotopic (exact) mass is 350 g/mol. The molecule has 22 heavy (non-hydrogen) atoms. The minimum atomic E-state index is -3.34. The van der Waals surface area contributed by atoms with Crippen molar-refractivity contribution in [2.75, 3.05) is 6.26 Å². The molecule has 1 aromatic carbocycles. The first-order valence-electron chi connectivity index (χ1n) is 6.90. The molecule has 1 rings (SSSR count). The number of aryl methyl sites for hydroxylation is 1. The molecule has 0 unspecified atom stereocenters. The molecule has 0 saturated heterocycles. The molecule has 0 radical (unpaired) electrons. The van der Waals surface area contributed by atoms with Crippen molar-refractivity contribution in [3.8, 4) is 0 Å². The summed E-state index contributed by atoms with van der Waals surface area (Å²) in [6.07, 6.45) is 1.15. The van der Waals surface area contributed by atoms with Gasteiger partial charge < -0.3 is 0 Å². The molecule has 0 aliphatic heterocycles. The summed E-state index contributed by atoms with van der Waals surface area (Å²) in [5, 5.41) is 0. The maximum absolute atomic E-state index is 11.8. The smallest absolute Gasteiger partial charge is 0.213 e. The summed E-state index contributed by atoms with van der Waals surface area (Å²) in [5.74, 6) is 0. The summed E-state index contributed by atoms with van der Waals surface area (Å²) in [6, 6.07) is 6.87. The predicted molar refractivity (Wildman–Crippen MR) is 89.8 cm³/mol. The number of rotatable bonds is 5. The number of nitrogens with one attached hydrogen (secondary N) is 2. The van der Waals surface area contributed by atoms with Crippen molar-refractivity contribution in [2.24, 2.45) is 0 Å². The van der Waals surface area contributed by atoms with Crippen molar-refractivity contribution in [1.29, 1.82) is 0 Å². The summed E-state index contributed by atoms with van der Waals surface area (Å²) < 4.78 is 49.1. The fraction of sp³-hybridized carbons (Fsp3) is 0.571. The maximum atomic E-state index is 11.8. The summed E-state index contributed by atoms with van der Waals surface area (Å²) in [7, 11) is -6.31. The lowest BCUT2D eigenvalue weighted by atomic mass is 10.2. The fourth-order valence-electron chi connectivity index (χ4n) is 1.66. The van der Waals surface area contributed by atoms with Gasteiger partial charge in [0.25, 0.3) is 0 Å². The summed E-state index contributed by atoms with van der Waals surface area (Å²) >= 11 is 0. The highest BCUT2D eigenvalue weighted by Gasteiger charge is 2.16. The molecule has 0 aliphatic rings. The lowest BCUT2D eigenvalue weighted by molar-refractivity contribution is 0.568. The Morgan fingerprint density at radius 1 is 0.864 bits per heavy atom. The van der Waals surface area contributed by atoms with Gasteiger partial charge in [0.05, 0.1) is 11.2 Å². The van der Waals surface area contributed by atoms with E-state index in [4.69, 9.17) is 0 Å². The van der Waals surface area contributed by atoms with Gasteiger partial charge in [-0.15, -0.1) is 0 Å². The maximum Gasteiger partial charge on any atom is 0.241 e. The van der Waals surface area contributed by atoms with Crippen LogP contribution in [0.1, 0.15) is 33.3 Å². The second-order valence-electron chi connectivity index (χ2n) is 5.59. The molecule has 0 bridgehead atoms. The molecular weight excluding hydrogens is 324 g/mol. The van der Waals surface area contributed by atoms with E-state index in [1.54, 1.807) is 52.8 Å². The first-order valence-corrected chi connectivity index (χ1v) is 10.3. The molecule has 0 heterocycles. The number of hydrogen-bond donors (Lipinski definition) is 2. The molecule has 0 spiro atoms. The Kier molecular flexibility index (Phi) is 8.24. The Labute approximate surface area is 134 Å². The van der Waals surface area contributed by atoms with Crippen LogP contribution in [0.2, 0.25) is 0 Å². The van der Waals surface area contributed by atoms with Gasteiger partial charge in [0.2, 0.25) is 20.0 Å². The van der Waals surface area contributed by atoms with Crippen LogP contribution in [-0.2, 0) is 20.0 Å². The third-order valence-corrected chi connectivity index (χ3v) is 4.94. The molecule has 6 nitrogen and oxygen atoms in total. The highest BCUT2D eigenvalue weighted by molar-refractivity contribution is 7.89. The van der Waals surface area contributed by atoms with Crippen LogP contribution >= 0.6 is 0 Å². The van der Waals surface area contributed by atoms with Gasteiger partial charge in [0.1, 0.15) is 0 Å². The normalized spacial score (nSPS) is 12.2. The SMILES string of the molecule is CC(C)NS(C)(=O)=O.Cc1ccccc1S(=O)(=O)NC(C)C. The zero-order chi connectivity index (χ0) is 17.6. The average molecular weight is 351 g/mol. The third-order valence-electron chi connectivity index (χ3n) is 2.22. The summed E-state index contributed by atoms with van der Waals surface area (Å²) in [6.45, 7) is 8.95. The Hall–Kier alpha value is -0.960. The Morgan fingerprint density at radius 2 is 1.32 bits per heavy atom. The van der Waals surface area contributed by atoms with E-state index < -0.39 is 20.0 Å². The van der Waals surface area contributed by atoms with Crippen LogP contribution in [0.15, 0.2) is 29.2 Å². The van der Waals surface area contributed by atoms with E-state index in [9.17, 15) is 16.8 Å². The molecule has 1 aromatic rings. The first kappa shape index (κ1) is 21.0. The predicted octanol–water partition coefficient (Wildman–Crippen LogP) is 1.63. The molecule has 0 fully saturated rings. The van der Waals surface area contributed by atoms with Gasteiger partial charge in [-0.3, -0.25) is 0 Å². The van der Waals surface area contributed by atoms with Crippen molar-refractivity contribution >= 4 is 20.0 Å². The van der Waals surface area contributed by atoms with Crippen molar-refractivity contribution in [3.05, 3.63) is 29.8 Å². The first-order chi connectivity index (χ1) is 9.85. The van der Waals surface area contributed by atoms with E-state index in [1.807, 2.05) is 6.07 Å². The molecule has 128 valence electrons. The van der Waals surface area contributed by atoms with Crippen LogP contribution in [0.5, 0.6) is 0 Å². The molecule has 8 heteroatoms. The number of benzene rings is 1. The van der Waals surface area contributed by atoms with Crippen molar-refractivity contribution in [1.82, 2.24) is 9.44 Å². The van der Waals surface area contributed by atoms with Crippen LogP contribution in [0.4, 0.5) is 0 Å². The standard InChI is InChI=1S/C10H15NO2S.C4H11NO2S/c1-8(2)11-14(12,13)10-7-5-4-6-9(10)3;1-4(2)5-8(3,6)7/h4-8,11H,1-3H3;4-5H,1-3H3. The van der Waals surface area contributed by atoms with Crippen LogP contribution < -0.4 is 9.44 Å². The second-order valence-corrected chi connectivity index (χ2v) is 9.05. The van der Waals surface area contributed by atoms with Crippen LogP contribution in [0.25, 0.3) is 0 Å². The van der Waals surface area contributed by atoms with Gasteiger partial charge in [0, 0.05) is 12.1 Å². The lowest BCUT2D eigenvalue weighted by Crippen LogP contribution is -2.30. The van der Waals surface area contributed by atoms with Gasteiger partial charge in [-0.05, 0) is 46.2 Å². The number of sulfonamides is 2. The van der Waals surface area contributed by atoms with E-state index in [1.165, 1.54) is 0 Å². The van der Waals surface area contributed by atoms with Crippen LogP contribution in [0, 0.1) is 6.92 Å². The Bertz CT molecular complexity index is 666. The van der Waals surface area contributed by atoms with Gasteiger partial charge in [-0.25, -0.2) is 26.3 Å². The highest BCUT2D eigenvalue weighted by Crippen LogP contribution is 2.13. The van der Waals surface area contributed by atoms with E-state index in [0.717, 1.165) is 11.8 Å². The highest BCUT2D eigenvalue weighted by atomic mass is 32.2. The van der Waals surface area contributed by atoms with E-state index in [2.05, 4.69) is 9.44 Å². The largest absolute Gasteiger partial charge is 0.241 e. The van der Waals surface area contributed by atoms with Crippen molar-refractivity contribution in [3.63, 3.8) is 0 Å². The molecule has 0 atom stereocenters. The van der Waals surface area contributed by atoms with Crippen molar-refractivity contribution in [2.45, 2.75) is 51.6 Å². The van der Waals surface area contributed by atoms with Crippen LogP contribution in [0.3, 0.4) is 0 Å². The topological polar surface area (TPSA) is 92.3 Å². The fourth-order valence-corrected chi connectivity index (χ4v) is 4.01. The number of hydrogen-bond acceptors (Lipinski definition) is 4. The van der Waals surface area contributed by atoms with Crippen LogP contribution in [-0.4, -0.2) is 35.2 Å². The molecule has 2 N–H and O–H groups in total. The van der Waals surface area contributed by atoms with E-state index in [0.29, 0.717) is 4.90 Å². The van der Waals surface area contributed by atoms with Gasteiger partial charge in [0.15, 0.2) is 0 Å².